The second-order valence-corrected chi connectivity index (χ2v) is 4.96. The molecule has 0 spiro atoms. The van der Waals surface area contributed by atoms with Crippen molar-refractivity contribution >= 4 is 35.4 Å². The first-order valence-electron chi connectivity index (χ1n) is 6.28. The van der Waals surface area contributed by atoms with Gasteiger partial charge in [-0.25, -0.2) is 0 Å². The van der Waals surface area contributed by atoms with Crippen LogP contribution in [0.4, 0.5) is 0 Å². The zero-order chi connectivity index (χ0) is 14.2. The highest BCUT2D eigenvalue weighted by molar-refractivity contribution is 6.32. The first-order valence-corrected chi connectivity index (χ1v) is 7.03. The van der Waals surface area contributed by atoms with Crippen LogP contribution >= 0.6 is 23.2 Å². The highest BCUT2D eigenvalue weighted by Crippen LogP contribution is 2.17. The molecule has 0 heterocycles. The average Bonchev–Trinajstić information content (AvgIpc) is 2.46. The Morgan fingerprint density at radius 2 is 0.950 bits per heavy atom. The second-order valence-electron chi connectivity index (χ2n) is 4.15. The van der Waals surface area contributed by atoms with Gasteiger partial charge in [0.2, 0.25) is 0 Å². The number of hydrogen-bond acceptors (Lipinski definition) is 0. The minimum absolute atomic E-state index is 0.753. The first-order chi connectivity index (χ1) is 9.77. The molecule has 0 atom stereocenters. The van der Waals surface area contributed by atoms with Gasteiger partial charge >= 0.3 is 0 Å². The second kappa shape index (κ2) is 7.74. The molecule has 2 aromatic carbocycles. The number of allylic oxidation sites excluding steroid dienone is 4. The molecule has 0 nitrogen and oxygen atoms in total. The highest BCUT2D eigenvalue weighted by atomic mass is 35.5. The smallest absolute Gasteiger partial charge is 0.0478 e. The molecule has 0 N–H and O–H groups in total. The van der Waals surface area contributed by atoms with Crippen LogP contribution in [0, 0.1) is 0 Å². The minimum atomic E-state index is 0.753. The summed E-state index contributed by atoms with van der Waals surface area (Å²) in [4.78, 5) is 0. The third-order valence-electron chi connectivity index (χ3n) is 2.70. The lowest BCUT2D eigenvalue weighted by Gasteiger charge is -1.95. The molecule has 0 saturated carbocycles. The summed E-state index contributed by atoms with van der Waals surface area (Å²) in [7, 11) is 0. The van der Waals surface area contributed by atoms with E-state index in [-0.39, 0.29) is 0 Å². The summed E-state index contributed by atoms with van der Waals surface area (Å²) in [5, 5.41) is 1.51. The molecule has 0 saturated heterocycles. The molecule has 0 aliphatic rings. The van der Waals surface area contributed by atoms with Crippen molar-refractivity contribution in [2.75, 3.05) is 0 Å². The van der Waals surface area contributed by atoms with E-state index in [1.54, 1.807) is 0 Å². The largest absolute Gasteiger partial charge is 0.0837 e. The molecule has 0 aliphatic heterocycles. The van der Waals surface area contributed by atoms with Crippen LogP contribution in [0.2, 0.25) is 10.0 Å². The minimum Gasteiger partial charge on any atom is -0.0837 e. The molecule has 0 unspecified atom stereocenters. The van der Waals surface area contributed by atoms with E-state index in [0.717, 1.165) is 21.2 Å². The molecular weight excluding hydrogens is 287 g/mol. The van der Waals surface area contributed by atoms with Gasteiger partial charge in [-0.2, -0.15) is 0 Å². The van der Waals surface area contributed by atoms with Crippen LogP contribution in [-0.2, 0) is 0 Å². The summed E-state index contributed by atoms with van der Waals surface area (Å²) in [6.07, 6.45) is 11.8. The van der Waals surface area contributed by atoms with E-state index in [9.17, 15) is 0 Å². The van der Waals surface area contributed by atoms with Crippen LogP contribution in [0.3, 0.4) is 0 Å². The van der Waals surface area contributed by atoms with Gasteiger partial charge in [0.05, 0.1) is 0 Å². The molecule has 20 heavy (non-hydrogen) atoms. The van der Waals surface area contributed by atoms with E-state index in [0.29, 0.717) is 0 Å². The van der Waals surface area contributed by atoms with E-state index in [1.807, 2.05) is 85.0 Å². The Morgan fingerprint density at radius 3 is 1.35 bits per heavy atom. The van der Waals surface area contributed by atoms with Crippen molar-refractivity contribution in [1.82, 2.24) is 0 Å². The van der Waals surface area contributed by atoms with Gasteiger partial charge in [-0.05, 0) is 23.3 Å². The van der Waals surface area contributed by atoms with Gasteiger partial charge in [-0.3, -0.25) is 0 Å². The van der Waals surface area contributed by atoms with E-state index >= 15 is 0 Å². The topological polar surface area (TPSA) is 0 Å². The van der Waals surface area contributed by atoms with Gasteiger partial charge < -0.3 is 0 Å². The Morgan fingerprint density at radius 1 is 0.550 bits per heavy atom. The molecule has 2 rings (SSSR count). The maximum absolute atomic E-state index is 6.06. The Labute approximate surface area is 129 Å². The molecule has 0 aromatic heterocycles. The van der Waals surface area contributed by atoms with Crippen molar-refractivity contribution in [1.29, 1.82) is 0 Å². The highest BCUT2D eigenvalue weighted by Gasteiger charge is 1.92. The van der Waals surface area contributed by atoms with Crippen LogP contribution in [0.1, 0.15) is 11.1 Å². The van der Waals surface area contributed by atoms with E-state index in [1.165, 1.54) is 0 Å². The van der Waals surface area contributed by atoms with E-state index < -0.39 is 0 Å². The maximum atomic E-state index is 6.06. The number of halogens is 2. The molecule has 0 amide bonds. The van der Waals surface area contributed by atoms with Gasteiger partial charge in [0.15, 0.2) is 0 Å². The van der Waals surface area contributed by atoms with Crippen molar-refractivity contribution < 1.29 is 0 Å². The summed E-state index contributed by atoms with van der Waals surface area (Å²) >= 11 is 12.1. The predicted molar refractivity (Wildman–Crippen MR) is 90.1 cm³/mol. The van der Waals surface area contributed by atoms with Gasteiger partial charge in [0.1, 0.15) is 0 Å². The summed E-state index contributed by atoms with van der Waals surface area (Å²) in [6.45, 7) is 0. The van der Waals surface area contributed by atoms with Crippen molar-refractivity contribution in [3.8, 4) is 0 Å². The van der Waals surface area contributed by atoms with Crippen LogP contribution in [0.15, 0.2) is 72.8 Å². The fraction of sp³-hybridized carbons (Fsp3) is 0. The van der Waals surface area contributed by atoms with E-state index in [2.05, 4.69) is 0 Å². The zero-order valence-corrected chi connectivity index (χ0v) is 12.4. The molecular formula is C18H14Cl2. The van der Waals surface area contributed by atoms with Crippen molar-refractivity contribution in [2.24, 2.45) is 0 Å². The molecule has 0 fully saturated rings. The lowest BCUT2D eigenvalue weighted by molar-refractivity contribution is 1.65. The van der Waals surface area contributed by atoms with Crippen LogP contribution in [0.5, 0.6) is 0 Å². The Kier molecular flexibility index (Phi) is 5.67. The lowest BCUT2D eigenvalue weighted by atomic mass is 10.2. The van der Waals surface area contributed by atoms with Crippen molar-refractivity contribution in [2.45, 2.75) is 0 Å². The third kappa shape index (κ3) is 4.41. The van der Waals surface area contributed by atoms with Crippen LogP contribution in [0.25, 0.3) is 12.2 Å². The predicted octanol–water partition coefficient (Wildman–Crippen LogP) is 6.28. The molecule has 2 heteroatoms. The summed E-state index contributed by atoms with van der Waals surface area (Å²) < 4.78 is 0. The average molecular weight is 301 g/mol. The monoisotopic (exact) mass is 300 g/mol. The third-order valence-corrected chi connectivity index (χ3v) is 3.38. The fourth-order valence-electron chi connectivity index (χ4n) is 1.67. The number of hydrogen-bond donors (Lipinski definition) is 0. The van der Waals surface area contributed by atoms with E-state index in [4.69, 9.17) is 23.2 Å². The van der Waals surface area contributed by atoms with Crippen molar-refractivity contribution in [3.05, 3.63) is 94.0 Å². The van der Waals surface area contributed by atoms with Gasteiger partial charge in [0, 0.05) is 10.0 Å². The zero-order valence-electron chi connectivity index (χ0n) is 10.8. The van der Waals surface area contributed by atoms with Gasteiger partial charge in [-0.1, -0.05) is 96.1 Å². The first kappa shape index (κ1) is 14.6. The quantitative estimate of drug-likeness (QED) is 0.583. The Bertz CT molecular complexity index is 594. The maximum Gasteiger partial charge on any atom is 0.0478 e. The normalized spacial score (nSPS) is 11.9. The van der Waals surface area contributed by atoms with Crippen LogP contribution in [-0.4, -0.2) is 0 Å². The molecule has 0 aliphatic carbocycles. The molecule has 100 valence electrons. The SMILES string of the molecule is Clc1ccccc1C=CC=CC=Cc1ccccc1Cl. The lowest BCUT2D eigenvalue weighted by Crippen LogP contribution is -1.72. The molecule has 0 radical (unpaired) electrons. The van der Waals surface area contributed by atoms with Gasteiger partial charge in [-0.15, -0.1) is 0 Å². The fourth-order valence-corrected chi connectivity index (χ4v) is 2.06. The standard InChI is InChI=1S/C18H14Cl2/c19-17-13-7-5-11-15(17)9-3-1-2-4-10-16-12-6-8-14-18(16)20/h1-14H. The van der Waals surface area contributed by atoms with Crippen molar-refractivity contribution in [3.63, 3.8) is 0 Å². The number of benzene rings is 2. The van der Waals surface area contributed by atoms with Gasteiger partial charge in [0.25, 0.3) is 0 Å². The summed E-state index contributed by atoms with van der Waals surface area (Å²) in [5.74, 6) is 0. The molecule has 2 aromatic rings. The Balaban J connectivity index is 1.95. The summed E-state index contributed by atoms with van der Waals surface area (Å²) in [5.41, 5.74) is 2.02. The molecule has 0 bridgehead atoms. The van der Waals surface area contributed by atoms with Crippen LogP contribution < -0.4 is 0 Å². The number of rotatable bonds is 4. The Hall–Kier alpha value is -1.76. The summed E-state index contributed by atoms with van der Waals surface area (Å²) in [6, 6.07) is 15.5.